The van der Waals surface area contributed by atoms with Gasteiger partial charge in [0.05, 0.1) is 5.41 Å². The van der Waals surface area contributed by atoms with Gasteiger partial charge in [-0.3, -0.25) is 14.5 Å². The molecule has 0 unspecified atom stereocenters. The molecule has 5 nitrogen and oxygen atoms in total. The molecule has 0 aromatic heterocycles. The lowest BCUT2D eigenvalue weighted by Crippen LogP contribution is -2.54. The molecule has 174 valence electrons. The second-order valence-electron chi connectivity index (χ2n) is 10.4. The average Bonchev–Trinajstić information content (AvgIpc) is 3.06. The average molecular weight is 446 g/mol. The van der Waals surface area contributed by atoms with E-state index in [9.17, 15) is 9.59 Å². The first-order chi connectivity index (χ1) is 15.9. The van der Waals surface area contributed by atoms with Gasteiger partial charge in [0.2, 0.25) is 11.8 Å². The van der Waals surface area contributed by atoms with Crippen LogP contribution in [0.5, 0.6) is 0 Å². The highest BCUT2D eigenvalue weighted by molar-refractivity contribution is 6.10. The number of nitrogens with one attached hydrogen (secondary N) is 1. The van der Waals surface area contributed by atoms with Crippen LogP contribution in [0.1, 0.15) is 62.6 Å². The van der Waals surface area contributed by atoms with E-state index in [1.54, 1.807) is 7.05 Å². The van der Waals surface area contributed by atoms with Crippen molar-refractivity contribution in [3.05, 3.63) is 65.2 Å². The first-order valence-electron chi connectivity index (χ1n) is 12.4. The Morgan fingerprint density at radius 3 is 2.42 bits per heavy atom. The molecule has 1 N–H and O–H groups in total. The SMILES string of the molecule is CNC(=O)C[C@@]1(C)C(=O)N(C2CCN([C@@]3(C)CCCc4ccccc43)CC2)c2ccccc21. The third kappa shape index (κ3) is 3.48. The largest absolute Gasteiger partial charge is 0.359 e. The zero-order valence-corrected chi connectivity index (χ0v) is 20.1. The number of hydrogen-bond donors (Lipinski definition) is 1. The Labute approximate surface area is 197 Å². The number of piperidine rings is 1. The molecule has 33 heavy (non-hydrogen) atoms. The molecule has 1 fully saturated rings. The molecule has 0 saturated carbocycles. The molecule has 5 heteroatoms. The van der Waals surface area contributed by atoms with Crippen molar-refractivity contribution < 1.29 is 9.59 Å². The summed E-state index contributed by atoms with van der Waals surface area (Å²) in [4.78, 5) is 30.7. The smallest absolute Gasteiger partial charge is 0.238 e. The normalized spacial score (nSPS) is 27.8. The number of carbonyl (C=O) groups is 2. The van der Waals surface area contributed by atoms with E-state index in [0.29, 0.717) is 0 Å². The number of aryl methyl sites for hydroxylation is 1. The van der Waals surface area contributed by atoms with Crippen LogP contribution in [0.3, 0.4) is 0 Å². The molecule has 1 aliphatic carbocycles. The van der Waals surface area contributed by atoms with E-state index in [4.69, 9.17) is 0 Å². The lowest BCUT2D eigenvalue weighted by Gasteiger charge is -2.49. The number of benzene rings is 2. The minimum absolute atomic E-state index is 0.0694. The standard InChI is InChI=1S/C28H35N3O2/c1-27(19-25(32)29-3)23-12-6-7-13-24(23)31(26(27)33)21-14-17-30(18-15-21)28(2)16-8-10-20-9-4-5-11-22(20)28/h4-7,9,11-13,21H,8,10,14-19H2,1-3H3,(H,29,32)/t27-,28+/m1/s1. The summed E-state index contributed by atoms with van der Waals surface area (Å²) >= 11 is 0. The van der Waals surface area contributed by atoms with Crippen molar-refractivity contribution in [2.45, 2.75) is 69.4 Å². The van der Waals surface area contributed by atoms with Crippen molar-refractivity contribution in [3.8, 4) is 0 Å². The van der Waals surface area contributed by atoms with Gasteiger partial charge in [0.25, 0.3) is 0 Å². The number of anilines is 1. The fourth-order valence-electron chi connectivity index (χ4n) is 6.55. The minimum Gasteiger partial charge on any atom is -0.359 e. The fourth-order valence-corrected chi connectivity index (χ4v) is 6.55. The number of nitrogens with zero attached hydrogens (tertiary/aromatic N) is 2. The van der Waals surface area contributed by atoms with Crippen LogP contribution in [0.25, 0.3) is 0 Å². The lowest BCUT2D eigenvalue weighted by molar-refractivity contribution is -0.129. The number of rotatable bonds is 4. The molecule has 3 aliphatic rings. The van der Waals surface area contributed by atoms with Gasteiger partial charge in [-0.2, -0.15) is 0 Å². The van der Waals surface area contributed by atoms with Crippen LogP contribution in [0.2, 0.25) is 0 Å². The van der Waals surface area contributed by atoms with Gasteiger partial charge in [-0.25, -0.2) is 0 Å². The number of hydrogen-bond acceptors (Lipinski definition) is 3. The predicted molar refractivity (Wildman–Crippen MR) is 131 cm³/mol. The highest BCUT2D eigenvalue weighted by Gasteiger charge is 2.51. The maximum Gasteiger partial charge on any atom is 0.238 e. The number of amides is 2. The van der Waals surface area contributed by atoms with Crippen LogP contribution in [-0.2, 0) is 27.0 Å². The van der Waals surface area contributed by atoms with Gasteiger partial charge in [0.1, 0.15) is 0 Å². The zero-order valence-electron chi connectivity index (χ0n) is 20.1. The van der Waals surface area contributed by atoms with Gasteiger partial charge in [-0.15, -0.1) is 0 Å². The zero-order chi connectivity index (χ0) is 23.2. The molecule has 5 rings (SSSR count). The van der Waals surface area contributed by atoms with E-state index in [0.717, 1.165) is 37.2 Å². The van der Waals surface area contributed by atoms with Crippen molar-refractivity contribution in [2.75, 3.05) is 25.0 Å². The Bertz CT molecular complexity index is 1070. The van der Waals surface area contributed by atoms with Crippen molar-refractivity contribution in [3.63, 3.8) is 0 Å². The predicted octanol–water partition coefficient (Wildman–Crippen LogP) is 4.14. The molecule has 2 aromatic rings. The second kappa shape index (κ2) is 8.28. The summed E-state index contributed by atoms with van der Waals surface area (Å²) in [7, 11) is 1.63. The topological polar surface area (TPSA) is 52.7 Å². The molecule has 2 aromatic carbocycles. The molecule has 2 atom stereocenters. The molecule has 0 bridgehead atoms. The number of para-hydroxylation sites is 1. The maximum absolute atomic E-state index is 13.8. The molecular weight excluding hydrogens is 410 g/mol. The van der Waals surface area contributed by atoms with E-state index in [1.807, 2.05) is 36.1 Å². The molecular formula is C28H35N3O2. The van der Waals surface area contributed by atoms with Gasteiger partial charge in [-0.05, 0) is 68.7 Å². The summed E-state index contributed by atoms with van der Waals surface area (Å²) in [6.45, 7) is 6.29. The van der Waals surface area contributed by atoms with Gasteiger partial charge in [0, 0.05) is 43.8 Å². The Balaban J connectivity index is 1.38. The monoisotopic (exact) mass is 445 g/mol. The van der Waals surface area contributed by atoms with Gasteiger partial charge in [-0.1, -0.05) is 42.5 Å². The molecule has 0 spiro atoms. The molecule has 2 heterocycles. The summed E-state index contributed by atoms with van der Waals surface area (Å²) in [6, 6.07) is 17.1. The van der Waals surface area contributed by atoms with Crippen LogP contribution in [0.4, 0.5) is 5.69 Å². The maximum atomic E-state index is 13.8. The van der Waals surface area contributed by atoms with Gasteiger partial charge < -0.3 is 10.2 Å². The number of likely N-dealkylation sites (tertiary alicyclic amines) is 1. The van der Waals surface area contributed by atoms with E-state index in [-0.39, 0.29) is 29.8 Å². The Morgan fingerprint density at radius 1 is 1.03 bits per heavy atom. The fraction of sp³-hybridized carbons (Fsp3) is 0.500. The van der Waals surface area contributed by atoms with Crippen LogP contribution in [-0.4, -0.2) is 42.9 Å². The summed E-state index contributed by atoms with van der Waals surface area (Å²) in [5.41, 5.74) is 4.20. The second-order valence-corrected chi connectivity index (χ2v) is 10.4. The number of carbonyl (C=O) groups excluding carboxylic acids is 2. The van der Waals surface area contributed by atoms with E-state index in [2.05, 4.69) is 41.4 Å². The Kier molecular flexibility index (Phi) is 5.56. The third-order valence-corrected chi connectivity index (χ3v) is 8.48. The van der Waals surface area contributed by atoms with Crippen LogP contribution >= 0.6 is 0 Å². The van der Waals surface area contributed by atoms with Gasteiger partial charge in [0.15, 0.2) is 0 Å². The highest BCUT2D eigenvalue weighted by atomic mass is 16.2. The van der Waals surface area contributed by atoms with Crippen LogP contribution in [0.15, 0.2) is 48.5 Å². The third-order valence-electron chi connectivity index (χ3n) is 8.48. The van der Waals surface area contributed by atoms with Gasteiger partial charge >= 0.3 is 0 Å². The number of fused-ring (bicyclic) bond motifs is 2. The summed E-state index contributed by atoms with van der Waals surface area (Å²) in [5, 5.41) is 2.70. The molecule has 0 radical (unpaired) electrons. The Morgan fingerprint density at radius 2 is 1.70 bits per heavy atom. The van der Waals surface area contributed by atoms with E-state index >= 15 is 0 Å². The van der Waals surface area contributed by atoms with E-state index < -0.39 is 5.41 Å². The molecule has 1 saturated heterocycles. The quantitative estimate of drug-likeness (QED) is 0.770. The van der Waals surface area contributed by atoms with Crippen molar-refractivity contribution >= 4 is 17.5 Å². The van der Waals surface area contributed by atoms with Crippen LogP contribution < -0.4 is 10.2 Å². The minimum atomic E-state index is -0.803. The highest BCUT2D eigenvalue weighted by Crippen LogP contribution is 2.47. The summed E-state index contributed by atoms with van der Waals surface area (Å²) in [6.07, 6.45) is 5.67. The van der Waals surface area contributed by atoms with Crippen molar-refractivity contribution in [1.29, 1.82) is 0 Å². The van der Waals surface area contributed by atoms with Crippen molar-refractivity contribution in [1.82, 2.24) is 10.2 Å². The summed E-state index contributed by atoms with van der Waals surface area (Å²) in [5.74, 6) is -0.0267. The molecule has 2 aliphatic heterocycles. The van der Waals surface area contributed by atoms with Crippen LogP contribution in [0, 0.1) is 0 Å². The van der Waals surface area contributed by atoms with Crippen molar-refractivity contribution in [2.24, 2.45) is 0 Å². The van der Waals surface area contributed by atoms with E-state index in [1.165, 1.54) is 30.4 Å². The summed E-state index contributed by atoms with van der Waals surface area (Å²) < 4.78 is 0. The first kappa shape index (κ1) is 22.1. The first-order valence-corrected chi connectivity index (χ1v) is 12.4. The Hall–Kier alpha value is -2.66. The molecule has 2 amide bonds. The lowest BCUT2D eigenvalue weighted by atomic mass is 9.75.